The Labute approximate surface area is 118 Å². The fourth-order valence-corrected chi connectivity index (χ4v) is 3.11. The van der Waals surface area contributed by atoms with Crippen molar-refractivity contribution in [3.05, 3.63) is 0 Å². The van der Waals surface area contributed by atoms with Crippen LogP contribution in [0.4, 0.5) is 0 Å². The highest BCUT2D eigenvalue weighted by Gasteiger charge is 2.28. The molecule has 0 aromatic heterocycles. The van der Waals surface area contributed by atoms with Gasteiger partial charge in [-0.25, -0.2) is 0 Å². The van der Waals surface area contributed by atoms with Crippen molar-refractivity contribution in [2.75, 3.05) is 0 Å². The van der Waals surface area contributed by atoms with Crippen molar-refractivity contribution < 1.29 is 9.90 Å². The Morgan fingerprint density at radius 2 is 1.95 bits per heavy atom. The van der Waals surface area contributed by atoms with E-state index in [9.17, 15) is 4.79 Å². The SMILES string of the molecule is CCC(CCC1CCCCC1)CCC(C)(N)C(=O)O. The zero-order valence-corrected chi connectivity index (χ0v) is 12.7. The molecule has 112 valence electrons. The highest BCUT2D eigenvalue weighted by molar-refractivity contribution is 5.77. The number of hydrogen-bond acceptors (Lipinski definition) is 2. The lowest BCUT2D eigenvalue weighted by Gasteiger charge is -2.26. The molecule has 0 saturated heterocycles. The van der Waals surface area contributed by atoms with Gasteiger partial charge < -0.3 is 10.8 Å². The summed E-state index contributed by atoms with van der Waals surface area (Å²) in [4.78, 5) is 11.0. The molecular formula is C16H31NO2. The van der Waals surface area contributed by atoms with Crippen molar-refractivity contribution in [3.8, 4) is 0 Å². The first kappa shape index (κ1) is 16.5. The molecule has 19 heavy (non-hydrogen) atoms. The molecule has 3 N–H and O–H groups in total. The van der Waals surface area contributed by atoms with Gasteiger partial charge in [0.25, 0.3) is 0 Å². The van der Waals surface area contributed by atoms with Crippen molar-refractivity contribution in [2.24, 2.45) is 17.6 Å². The zero-order valence-electron chi connectivity index (χ0n) is 12.7. The van der Waals surface area contributed by atoms with Crippen LogP contribution in [0, 0.1) is 11.8 Å². The van der Waals surface area contributed by atoms with Crippen LogP contribution in [0.3, 0.4) is 0 Å². The van der Waals surface area contributed by atoms with Gasteiger partial charge in [-0.3, -0.25) is 4.79 Å². The first-order valence-corrected chi connectivity index (χ1v) is 7.98. The van der Waals surface area contributed by atoms with Gasteiger partial charge in [-0.1, -0.05) is 58.3 Å². The Morgan fingerprint density at radius 3 is 2.47 bits per heavy atom. The molecule has 1 aliphatic rings. The molecule has 3 nitrogen and oxygen atoms in total. The molecule has 2 unspecified atom stereocenters. The highest BCUT2D eigenvalue weighted by Crippen LogP contribution is 2.30. The number of nitrogens with two attached hydrogens (primary N) is 1. The van der Waals surface area contributed by atoms with Gasteiger partial charge in [-0.15, -0.1) is 0 Å². The van der Waals surface area contributed by atoms with Crippen LogP contribution in [0.1, 0.15) is 78.1 Å². The molecule has 1 saturated carbocycles. The van der Waals surface area contributed by atoms with Crippen LogP contribution in [0.25, 0.3) is 0 Å². The maximum atomic E-state index is 11.0. The molecule has 2 atom stereocenters. The van der Waals surface area contributed by atoms with E-state index < -0.39 is 11.5 Å². The molecule has 1 rings (SSSR count). The second kappa shape index (κ2) is 7.88. The van der Waals surface area contributed by atoms with Crippen molar-refractivity contribution in [1.29, 1.82) is 0 Å². The summed E-state index contributed by atoms with van der Waals surface area (Å²) in [7, 11) is 0. The van der Waals surface area contributed by atoms with Gasteiger partial charge in [-0.2, -0.15) is 0 Å². The molecule has 3 heteroatoms. The fraction of sp³-hybridized carbons (Fsp3) is 0.938. The number of carboxylic acid groups (broad SMARTS) is 1. The van der Waals surface area contributed by atoms with Gasteiger partial charge in [0.1, 0.15) is 5.54 Å². The van der Waals surface area contributed by atoms with Crippen LogP contribution < -0.4 is 5.73 Å². The van der Waals surface area contributed by atoms with Crippen LogP contribution in [-0.4, -0.2) is 16.6 Å². The van der Waals surface area contributed by atoms with Crippen molar-refractivity contribution in [1.82, 2.24) is 0 Å². The molecule has 0 bridgehead atoms. The molecule has 0 aliphatic heterocycles. The third-order valence-corrected chi connectivity index (χ3v) is 4.85. The largest absolute Gasteiger partial charge is 0.480 e. The van der Waals surface area contributed by atoms with Gasteiger partial charge in [-0.05, 0) is 31.6 Å². The van der Waals surface area contributed by atoms with E-state index in [1.54, 1.807) is 6.92 Å². The van der Waals surface area contributed by atoms with E-state index in [4.69, 9.17) is 10.8 Å². The summed E-state index contributed by atoms with van der Waals surface area (Å²) < 4.78 is 0. The predicted molar refractivity (Wildman–Crippen MR) is 79.1 cm³/mol. The molecule has 0 amide bonds. The van der Waals surface area contributed by atoms with Crippen LogP contribution in [-0.2, 0) is 4.79 Å². The first-order valence-electron chi connectivity index (χ1n) is 7.98. The smallest absolute Gasteiger partial charge is 0.323 e. The third-order valence-electron chi connectivity index (χ3n) is 4.85. The van der Waals surface area contributed by atoms with Gasteiger partial charge >= 0.3 is 5.97 Å². The number of hydrogen-bond donors (Lipinski definition) is 2. The monoisotopic (exact) mass is 269 g/mol. The lowest BCUT2D eigenvalue weighted by molar-refractivity contribution is -0.143. The normalized spacial score (nSPS) is 21.8. The predicted octanol–water partition coefficient (Wildman–Crippen LogP) is 3.96. The number of carboxylic acids is 1. The van der Waals surface area contributed by atoms with Gasteiger partial charge in [0.2, 0.25) is 0 Å². The molecule has 1 aliphatic carbocycles. The molecule has 0 radical (unpaired) electrons. The van der Waals surface area contributed by atoms with Crippen LogP contribution >= 0.6 is 0 Å². The van der Waals surface area contributed by atoms with Crippen LogP contribution in [0.15, 0.2) is 0 Å². The second-order valence-electron chi connectivity index (χ2n) is 6.62. The van der Waals surface area contributed by atoms with Crippen LogP contribution in [0.2, 0.25) is 0 Å². The Morgan fingerprint density at radius 1 is 1.32 bits per heavy atom. The lowest BCUT2D eigenvalue weighted by Crippen LogP contribution is -2.45. The van der Waals surface area contributed by atoms with Crippen molar-refractivity contribution >= 4 is 5.97 Å². The molecule has 0 aromatic rings. The van der Waals surface area contributed by atoms with Gasteiger partial charge in [0, 0.05) is 0 Å². The van der Waals surface area contributed by atoms with E-state index in [0.717, 1.165) is 18.8 Å². The average Bonchev–Trinajstić information content (AvgIpc) is 2.40. The summed E-state index contributed by atoms with van der Waals surface area (Å²) in [5.74, 6) is 0.685. The summed E-state index contributed by atoms with van der Waals surface area (Å²) in [6.45, 7) is 3.84. The number of rotatable bonds is 8. The topological polar surface area (TPSA) is 63.3 Å². The maximum Gasteiger partial charge on any atom is 0.323 e. The Bertz CT molecular complexity index is 270. The Balaban J connectivity index is 2.27. The molecule has 0 heterocycles. The van der Waals surface area contributed by atoms with Crippen LogP contribution in [0.5, 0.6) is 0 Å². The quantitative estimate of drug-likeness (QED) is 0.701. The maximum absolute atomic E-state index is 11.0. The summed E-state index contributed by atoms with van der Waals surface area (Å²) in [5.41, 5.74) is 4.74. The molecule has 1 fully saturated rings. The Hall–Kier alpha value is -0.570. The highest BCUT2D eigenvalue weighted by atomic mass is 16.4. The van der Waals surface area contributed by atoms with Crippen molar-refractivity contribution in [3.63, 3.8) is 0 Å². The minimum atomic E-state index is -1.06. The van der Waals surface area contributed by atoms with E-state index in [0.29, 0.717) is 12.3 Å². The standard InChI is InChI=1S/C16H31NO2/c1-3-13(11-12-16(2,17)15(18)19)9-10-14-7-5-4-6-8-14/h13-14H,3-12,17H2,1-2H3,(H,18,19). The molecule has 0 aromatic carbocycles. The zero-order chi connectivity index (χ0) is 14.3. The third kappa shape index (κ3) is 5.94. The minimum absolute atomic E-state index is 0.589. The van der Waals surface area contributed by atoms with E-state index in [-0.39, 0.29) is 0 Å². The minimum Gasteiger partial charge on any atom is -0.480 e. The van der Waals surface area contributed by atoms with E-state index in [2.05, 4.69) is 6.92 Å². The second-order valence-corrected chi connectivity index (χ2v) is 6.62. The molecule has 0 spiro atoms. The fourth-order valence-electron chi connectivity index (χ4n) is 3.11. The lowest BCUT2D eigenvalue weighted by atomic mass is 9.81. The average molecular weight is 269 g/mol. The summed E-state index contributed by atoms with van der Waals surface area (Å²) in [6.07, 6.45) is 12.3. The van der Waals surface area contributed by atoms with E-state index in [1.807, 2.05) is 0 Å². The van der Waals surface area contributed by atoms with Crippen molar-refractivity contribution in [2.45, 2.75) is 83.6 Å². The summed E-state index contributed by atoms with van der Waals surface area (Å²) in [6, 6.07) is 0. The van der Waals surface area contributed by atoms with E-state index in [1.165, 1.54) is 44.9 Å². The Kier molecular flexibility index (Phi) is 6.84. The van der Waals surface area contributed by atoms with Gasteiger partial charge in [0.15, 0.2) is 0 Å². The van der Waals surface area contributed by atoms with E-state index >= 15 is 0 Å². The number of aliphatic carboxylic acids is 1. The molecular weight excluding hydrogens is 238 g/mol. The summed E-state index contributed by atoms with van der Waals surface area (Å²) >= 11 is 0. The number of carbonyl (C=O) groups is 1. The first-order chi connectivity index (χ1) is 8.95. The van der Waals surface area contributed by atoms with Gasteiger partial charge in [0.05, 0.1) is 0 Å². The summed E-state index contributed by atoms with van der Waals surface area (Å²) in [5, 5.41) is 9.04.